The summed E-state index contributed by atoms with van der Waals surface area (Å²) in [7, 11) is 0. The summed E-state index contributed by atoms with van der Waals surface area (Å²) in [4.78, 5) is 16.0. The molecule has 2 aliphatic rings. The van der Waals surface area contributed by atoms with Crippen molar-refractivity contribution in [1.29, 1.82) is 0 Å². The number of carbonyl (C=O) groups excluding carboxylic acids is 1. The topological polar surface area (TPSA) is 51.2 Å². The average Bonchev–Trinajstić information content (AvgIpc) is 2.89. The Morgan fingerprint density at radius 1 is 1.33 bits per heavy atom. The van der Waals surface area contributed by atoms with Crippen LogP contribution in [0, 0.1) is 18.2 Å². The maximum atomic E-state index is 13.5. The van der Waals surface area contributed by atoms with Gasteiger partial charge in [-0.25, -0.2) is 9.18 Å². The Morgan fingerprint density at radius 3 is 3.00 bits per heavy atom. The predicted molar refractivity (Wildman–Crippen MR) is 72.7 cm³/mol. The van der Waals surface area contributed by atoms with Gasteiger partial charge in [0.1, 0.15) is 11.9 Å². The molecular weight excluding hydrogens is 271 g/mol. The van der Waals surface area contributed by atoms with Crippen LogP contribution in [0.4, 0.5) is 9.18 Å². The van der Waals surface area contributed by atoms with Crippen LogP contribution in [0.1, 0.15) is 28.8 Å². The second-order valence-corrected chi connectivity index (χ2v) is 4.99. The van der Waals surface area contributed by atoms with E-state index in [1.807, 2.05) is 0 Å². The second-order valence-electron chi connectivity index (χ2n) is 4.99. The monoisotopic (exact) mass is 280 g/mol. The molecule has 4 nitrogen and oxygen atoms in total. The van der Waals surface area contributed by atoms with Crippen LogP contribution in [0.5, 0.6) is 0 Å². The molecule has 2 heterocycles. The van der Waals surface area contributed by atoms with Gasteiger partial charge < -0.3 is 10.1 Å². The first kappa shape index (κ1) is 11.9. The number of nitrogens with zero attached hydrogens (tertiary/aromatic N) is 1. The molecule has 2 aromatic rings. The van der Waals surface area contributed by atoms with Crippen molar-refractivity contribution in [2.45, 2.75) is 12.1 Å². The van der Waals surface area contributed by atoms with Gasteiger partial charge in [-0.2, -0.15) is 0 Å². The standard InChI is InChI=1S/C16H9FN2O2/c1-2-8-5-12-13(18-7-8)10-4-3-9(17)6-11(10)15-14(12)19-16(20)21-15/h1,3-7,14-15H,(H,19,20)/t14-,15-/m1/s1. The number of terminal acetylenes is 1. The molecule has 1 amide bonds. The average molecular weight is 280 g/mol. The lowest BCUT2D eigenvalue weighted by Gasteiger charge is -2.27. The van der Waals surface area contributed by atoms with Gasteiger partial charge in [-0.1, -0.05) is 5.92 Å². The van der Waals surface area contributed by atoms with E-state index >= 15 is 0 Å². The number of aromatic nitrogens is 1. The fraction of sp³-hybridized carbons (Fsp3) is 0.125. The highest BCUT2D eigenvalue weighted by Crippen LogP contribution is 2.48. The molecule has 5 heteroatoms. The van der Waals surface area contributed by atoms with Gasteiger partial charge in [0.25, 0.3) is 0 Å². The van der Waals surface area contributed by atoms with Crippen LogP contribution in [0.25, 0.3) is 11.3 Å². The van der Waals surface area contributed by atoms with Gasteiger partial charge in [0, 0.05) is 28.5 Å². The number of pyridine rings is 1. The number of alkyl carbamates (subject to hydrolysis) is 1. The number of hydrogen-bond acceptors (Lipinski definition) is 3. The van der Waals surface area contributed by atoms with Crippen LogP contribution in [0.15, 0.2) is 30.5 Å². The molecule has 4 rings (SSSR count). The van der Waals surface area contributed by atoms with E-state index in [4.69, 9.17) is 11.2 Å². The smallest absolute Gasteiger partial charge is 0.408 e. The minimum absolute atomic E-state index is 0.376. The fourth-order valence-corrected chi connectivity index (χ4v) is 2.91. The van der Waals surface area contributed by atoms with Crippen molar-refractivity contribution in [2.24, 2.45) is 0 Å². The Hall–Kier alpha value is -2.87. The van der Waals surface area contributed by atoms with Gasteiger partial charge in [0.05, 0.1) is 5.69 Å². The number of benzene rings is 1. The second kappa shape index (κ2) is 4.06. The fourth-order valence-electron chi connectivity index (χ4n) is 2.91. The Labute approximate surface area is 120 Å². The number of ether oxygens (including phenoxy) is 1. The molecule has 1 aromatic heterocycles. The van der Waals surface area contributed by atoms with E-state index in [0.29, 0.717) is 16.8 Å². The Morgan fingerprint density at radius 2 is 2.19 bits per heavy atom. The van der Waals surface area contributed by atoms with Crippen molar-refractivity contribution in [3.63, 3.8) is 0 Å². The van der Waals surface area contributed by atoms with E-state index < -0.39 is 18.2 Å². The molecule has 1 aliphatic carbocycles. The zero-order valence-electron chi connectivity index (χ0n) is 10.8. The molecule has 1 fully saturated rings. The maximum absolute atomic E-state index is 13.5. The number of rotatable bonds is 0. The van der Waals surface area contributed by atoms with Crippen molar-refractivity contribution in [1.82, 2.24) is 10.3 Å². The third kappa shape index (κ3) is 1.62. The minimum atomic E-state index is -0.564. The molecule has 21 heavy (non-hydrogen) atoms. The highest BCUT2D eigenvalue weighted by Gasteiger charge is 2.43. The van der Waals surface area contributed by atoms with Gasteiger partial charge in [-0.3, -0.25) is 4.98 Å². The summed E-state index contributed by atoms with van der Waals surface area (Å²) >= 11 is 0. The maximum Gasteiger partial charge on any atom is 0.408 e. The first-order valence-electron chi connectivity index (χ1n) is 6.41. The summed E-state index contributed by atoms with van der Waals surface area (Å²) in [5.41, 5.74) is 3.48. The van der Waals surface area contributed by atoms with Crippen LogP contribution in [0.2, 0.25) is 0 Å². The summed E-state index contributed by atoms with van der Waals surface area (Å²) in [6, 6.07) is 5.80. The molecule has 0 radical (unpaired) electrons. The van der Waals surface area contributed by atoms with E-state index in [1.54, 1.807) is 18.3 Å². The number of hydrogen-bond donors (Lipinski definition) is 1. The van der Waals surface area contributed by atoms with E-state index in [2.05, 4.69) is 16.2 Å². The molecule has 1 N–H and O–H groups in total. The van der Waals surface area contributed by atoms with Gasteiger partial charge in [-0.15, -0.1) is 6.42 Å². The van der Waals surface area contributed by atoms with E-state index in [1.165, 1.54) is 12.1 Å². The molecule has 1 saturated heterocycles. The molecule has 1 aliphatic heterocycles. The summed E-state index contributed by atoms with van der Waals surface area (Å²) in [5.74, 6) is 2.15. The van der Waals surface area contributed by atoms with Crippen LogP contribution >= 0.6 is 0 Å². The van der Waals surface area contributed by atoms with E-state index in [9.17, 15) is 9.18 Å². The molecule has 0 saturated carbocycles. The Bertz CT molecular complexity index is 826. The quantitative estimate of drug-likeness (QED) is 0.755. The lowest BCUT2D eigenvalue weighted by Crippen LogP contribution is -2.23. The molecule has 0 spiro atoms. The van der Waals surface area contributed by atoms with Crippen molar-refractivity contribution < 1.29 is 13.9 Å². The number of amides is 1. The van der Waals surface area contributed by atoms with E-state index in [-0.39, 0.29) is 5.82 Å². The van der Waals surface area contributed by atoms with Gasteiger partial charge in [0.2, 0.25) is 0 Å². The number of carbonyl (C=O) groups is 1. The lowest BCUT2D eigenvalue weighted by molar-refractivity contribution is 0.131. The van der Waals surface area contributed by atoms with Gasteiger partial charge in [-0.05, 0) is 24.3 Å². The zero-order chi connectivity index (χ0) is 14.6. The third-order valence-corrected chi connectivity index (χ3v) is 3.80. The van der Waals surface area contributed by atoms with Crippen LogP contribution in [0.3, 0.4) is 0 Å². The third-order valence-electron chi connectivity index (χ3n) is 3.80. The molecular formula is C16H9FN2O2. The highest BCUT2D eigenvalue weighted by molar-refractivity contribution is 5.78. The molecule has 102 valence electrons. The largest absolute Gasteiger partial charge is 0.439 e. The summed E-state index contributed by atoms with van der Waals surface area (Å²) in [6.45, 7) is 0. The molecule has 0 unspecified atom stereocenters. The van der Waals surface area contributed by atoms with Crippen LogP contribution in [-0.4, -0.2) is 11.1 Å². The Kier molecular flexibility index (Phi) is 2.30. The van der Waals surface area contributed by atoms with Crippen molar-refractivity contribution in [3.8, 4) is 23.6 Å². The number of nitrogens with one attached hydrogen (secondary N) is 1. The SMILES string of the molecule is C#Cc1cnc2c(c1)[C@H]1NC(=O)O[C@@H]1c1cc(F)ccc1-2. The molecule has 2 atom stereocenters. The molecule has 1 aromatic carbocycles. The zero-order valence-corrected chi connectivity index (χ0v) is 10.8. The van der Waals surface area contributed by atoms with Crippen molar-refractivity contribution in [2.75, 3.05) is 0 Å². The highest BCUT2D eigenvalue weighted by atomic mass is 19.1. The van der Waals surface area contributed by atoms with Gasteiger partial charge in [0.15, 0.2) is 6.10 Å². The van der Waals surface area contributed by atoms with Crippen molar-refractivity contribution >= 4 is 6.09 Å². The van der Waals surface area contributed by atoms with Crippen LogP contribution < -0.4 is 5.32 Å². The number of fused-ring (bicyclic) bond motifs is 6. The predicted octanol–water partition coefficient (Wildman–Crippen LogP) is 2.70. The minimum Gasteiger partial charge on any atom is -0.439 e. The van der Waals surface area contributed by atoms with Crippen molar-refractivity contribution in [3.05, 3.63) is 53.0 Å². The number of halogens is 1. The first-order valence-corrected chi connectivity index (χ1v) is 6.41. The lowest BCUT2D eigenvalue weighted by atomic mass is 9.83. The summed E-state index contributed by atoms with van der Waals surface area (Å²) < 4.78 is 18.8. The normalized spacial score (nSPS) is 21.4. The summed E-state index contributed by atoms with van der Waals surface area (Å²) in [5, 5.41) is 2.73. The first-order chi connectivity index (χ1) is 10.2. The van der Waals surface area contributed by atoms with Crippen LogP contribution in [-0.2, 0) is 4.74 Å². The Balaban J connectivity index is 2.02. The van der Waals surface area contributed by atoms with E-state index in [0.717, 1.165) is 11.1 Å². The van der Waals surface area contributed by atoms with Gasteiger partial charge >= 0.3 is 6.09 Å². The summed E-state index contributed by atoms with van der Waals surface area (Å²) in [6.07, 6.45) is 5.90. The molecule has 0 bridgehead atoms.